The molecule has 1 aromatic rings. The predicted octanol–water partition coefficient (Wildman–Crippen LogP) is 2.26. The van der Waals surface area contributed by atoms with E-state index in [1.54, 1.807) is 24.3 Å². The molecule has 0 atom stereocenters. The number of nitrogens with one attached hydrogen (secondary N) is 1. The first-order valence-electron chi connectivity index (χ1n) is 3.62. The third-order valence-corrected chi connectivity index (χ3v) is 1.59. The summed E-state index contributed by atoms with van der Waals surface area (Å²) in [6.07, 6.45) is 0. The van der Waals surface area contributed by atoms with Crippen molar-refractivity contribution in [2.45, 2.75) is 6.67 Å². The molecule has 15 heavy (non-hydrogen) atoms. The molecule has 0 saturated heterocycles. The number of nitrogens with two attached hydrogens (primary N) is 1. The van der Waals surface area contributed by atoms with E-state index in [4.69, 9.17) is 11.4 Å². The van der Waals surface area contributed by atoms with Crippen LogP contribution in [-0.4, -0.2) is 5.84 Å². The van der Waals surface area contributed by atoms with Crippen LogP contribution in [0.5, 0.6) is 0 Å². The summed E-state index contributed by atoms with van der Waals surface area (Å²) in [5, 5.41) is 6.41. The van der Waals surface area contributed by atoms with Crippen LogP contribution in [0.4, 0.5) is 4.39 Å². The van der Waals surface area contributed by atoms with E-state index >= 15 is 0 Å². The van der Waals surface area contributed by atoms with Crippen LogP contribution >= 0.6 is 0 Å². The van der Waals surface area contributed by atoms with Gasteiger partial charge < -0.3 is 13.3 Å². The van der Waals surface area contributed by atoms with Gasteiger partial charge in [0.15, 0.2) is 5.84 Å². The molecule has 0 fully saturated rings. The van der Waals surface area contributed by atoms with E-state index in [0.29, 0.717) is 11.1 Å². The summed E-state index contributed by atoms with van der Waals surface area (Å²) in [5.41, 5.74) is 7.92. The molecule has 0 aromatic heterocycles. The van der Waals surface area contributed by atoms with Crippen molar-refractivity contribution in [1.29, 1.82) is 5.53 Å². The van der Waals surface area contributed by atoms with Crippen LogP contribution in [0.3, 0.4) is 0 Å². The van der Waals surface area contributed by atoms with Crippen LogP contribution in [0.25, 0.3) is 0 Å². The van der Waals surface area contributed by atoms with Crippen molar-refractivity contribution in [3.8, 4) is 0 Å². The Morgan fingerprint density at radius 2 is 1.87 bits per heavy atom. The van der Waals surface area contributed by atoms with Gasteiger partial charge in [0.25, 0.3) is 0 Å². The first kappa shape index (κ1) is 16.2. The summed E-state index contributed by atoms with van der Waals surface area (Å²) in [4.78, 5) is 0. The Kier molecular flexibility index (Phi) is 8.82. The summed E-state index contributed by atoms with van der Waals surface area (Å²) in [6, 6.07) is 6.45. The van der Waals surface area contributed by atoms with Gasteiger partial charge in [-0.05, 0) is 5.56 Å². The fourth-order valence-electron chi connectivity index (χ4n) is 0.911. The van der Waals surface area contributed by atoms with E-state index in [2.05, 4.69) is 10.2 Å². The third-order valence-electron chi connectivity index (χ3n) is 1.59. The molecule has 1 radical (unpaired) electrons. The zero-order valence-electron chi connectivity index (χ0n) is 8.31. The smallest absolute Gasteiger partial charge is 0.199 e. The van der Waals surface area contributed by atoms with Gasteiger partial charge in [-0.1, -0.05) is 24.3 Å². The molecule has 0 unspecified atom stereocenters. The number of hydrogen-bond acceptors (Lipinski definition) is 3. The molecule has 1 rings (SSSR count). The second-order valence-electron chi connectivity index (χ2n) is 2.40. The quantitative estimate of drug-likeness (QED) is 0.206. The van der Waals surface area contributed by atoms with Crippen LogP contribution in [0.15, 0.2) is 34.5 Å². The number of rotatable bonds is 2. The summed E-state index contributed by atoms with van der Waals surface area (Å²) >= 11 is 0. The van der Waals surface area contributed by atoms with Crippen molar-refractivity contribution in [1.82, 2.24) is 0 Å². The Bertz CT molecular complexity index is 323. The first-order valence-corrected chi connectivity index (χ1v) is 3.62. The van der Waals surface area contributed by atoms with Crippen molar-refractivity contribution in [3.05, 3.63) is 42.8 Å². The Morgan fingerprint density at radius 1 is 1.33 bits per heavy atom. The maximum absolute atomic E-state index is 12.1. The van der Waals surface area contributed by atoms with Gasteiger partial charge in [-0.25, -0.2) is 9.92 Å². The van der Waals surface area contributed by atoms with Gasteiger partial charge in [-0.3, -0.25) is 0 Å². The van der Waals surface area contributed by atoms with Gasteiger partial charge in [0.2, 0.25) is 0 Å². The van der Waals surface area contributed by atoms with Crippen LogP contribution < -0.4 is 5.84 Å². The standard InChI is InChI=1S/C8H9FN4.CH3.V/c9-5-6-1-3-7(4-2-6)8(12-10)13-11;;/h1-4,10H,5,11H2;1H3;/q;-1;/b12-10?,13-8-;;. The summed E-state index contributed by atoms with van der Waals surface area (Å²) < 4.78 is 12.1. The van der Waals surface area contributed by atoms with Gasteiger partial charge in [0.05, 0.1) is 0 Å². The van der Waals surface area contributed by atoms with Gasteiger partial charge in [-0.15, -0.1) is 5.11 Å². The Morgan fingerprint density at radius 3 is 2.20 bits per heavy atom. The number of hydrogen-bond donors (Lipinski definition) is 2. The first-order chi connectivity index (χ1) is 6.31. The maximum Gasteiger partial charge on any atom is 0.199 e. The minimum absolute atomic E-state index is 0. The van der Waals surface area contributed by atoms with E-state index in [1.165, 1.54) is 0 Å². The van der Waals surface area contributed by atoms with Crippen LogP contribution in [0, 0.1) is 13.0 Å². The summed E-state index contributed by atoms with van der Waals surface area (Å²) in [5.74, 6) is 5.12. The molecule has 0 amide bonds. The molecule has 0 aliphatic carbocycles. The molecule has 0 aliphatic rings. The number of amidine groups is 1. The minimum atomic E-state index is -0.507. The van der Waals surface area contributed by atoms with E-state index in [0.717, 1.165) is 0 Å². The van der Waals surface area contributed by atoms with Gasteiger partial charge in [0, 0.05) is 24.1 Å². The number of hydrazone groups is 1. The summed E-state index contributed by atoms with van der Waals surface area (Å²) in [7, 11) is 0. The number of alkyl halides is 1. The van der Waals surface area contributed by atoms with E-state index < -0.39 is 6.67 Å². The molecule has 3 N–H and O–H groups in total. The molecule has 0 aliphatic heterocycles. The normalized spacial score (nSPS) is 9.80. The SMILES string of the molecule is N=N/C(=N\N)c1ccc(CF)cc1.[CH3-].[V]. The molecular weight excluding hydrogens is 234 g/mol. The Labute approximate surface area is 100 Å². The topological polar surface area (TPSA) is 74.6 Å². The molecule has 0 spiro atoms. The fourth-order valence-corrected chi connectivity index (χ4v) is 0.911. The van der Waals surface area contributed by atoms with Crippen molar-refractivity contribution in [2.24, 2.45) is 16.1 Å². The average molecular weight is 246 g/mol. The number of halogens is 1. The van der Waals surface area contributed by atoms with Crippen molar-refractivity contribution >= 4 is 5.84 Å². The molecule has 81 valence electrons. The second-order valence-corrected chi connectivity index (χ2v) is 2.40. The number of nitrogens with zero attached hydrogens (tertiary/aromatic N) is 2. The molecule has 0 saturated carbocycles. The van der Waals surface area contributed by atoms with Gasteiger partial charge >= 0.3 is 0 Å². The maximum atomic E-state index is 12.1. The molecule has 1 aromatic carbocycles. The molecule has 4 nitrogen and oxygen atoms in total. The van der Waals surface area contributed by atoms with Crippen LogP contribution in [-0.2, 0) is 25.2 Å². The van der Waals surface area contributed by atoms with Crippen LogP contribution in [0.1, 0.15) is 11.1 Å². The monoisotopic (exact) mass is 246 g/mol. The Balaban J connectivity index is 0. The molecule has 6 heteroatoms. The predicted molar refractivity (Wildman–Crippen MR) is 53.5 cm³/mol. The van der Waals surface area contributed by atoms with Gasteiger partial charge in [0.1, 0.15) is 6.67 Å². The number of benzene rings is 1. The third kappa shape index (κ3) is 4.23. The second kappa shape index (κ2) is 8.14. The van der Waals surface area contributed by atoms with Crippen molar-refractivity contribution in [2.75, 3.05) is 0 Å². The van der Waals surface area contributed by atoms with Crippen LogP contribution in [0.2, 0.25) is 0 Å². The van der Waals surface area contributed by atoms with E-state index in [9.17, 15) is 4.39 Å². The zero-order chi connectivity index (χ0) is 9.68. The van der Waals surface area contributed by atoms with E-state index in [1.807, 2.05) is 0 Å². The van der Waals surface area contributed by atoms with Gasteiger partial charge in [-0.2, -0.15) is 5.10 Å². The zero-order valence-corrected chi connectivity index (χ0v) is 9.71. The van der Waals surface area contributed by atoms with E-state index in [-0.39, 0.29) is 31.8 Å². The molecule has 0 bridgehead atoms. The largest absolute Gasteiger partial charge is 0.358 e. The average Bonchev–Trinajstić information content (AvgIpc) is 2.21. The Hall–Kier alpha value is -1.20. The summed E-state index contributed by atoms with van der Waals surface area (Å²) in [6.45, 7) is -0.507. The molecule has 0 heterocycles. The fraction of sp³-hybridized carbons (Fsp3) is 0.111. The van der Waals surface area contributed by atoms with Crippen molar-refractivity contribution < 1.29 is 22.9 Å². The molecular formula is C9H12FN4V-. The minimum Gasteiger partial charge on any atom is -0.358 e. The van der Waals surface area contributed by atoms with Crippen molar-refractivity contribution in [3.63, 3.8) is 0 Å².